The monoisotopic (exact) mass is 271 g/mol. The van der Waals surface area contributed by atoms with E-state index in [1.54, 1.807) is 0 Å². The smallest absolute Gasteiger partial charge is 0.0793 e. The molecule has 0 bridgehead atoms. The maximum absolute atomic E-state index is 8.82. The van der Waals surface area contributed by atoms with Crippen LogP contribution in [-0.4, -0.2) is 9.78 Å². The van der Waals surface area contributed by atoms with E-state index in [1.807, 2.05) is 29.8 Å². The number of hydrogen-bond acceptors (Lipinski definition) is 2. The van der Waals surface area contributed by atoms with E-state index < -0.39 is 0 Å². The zero-order valence-corrected chi connectivity index (χ0v) is 11.5. The largest absolute Gasteiger partial charge is 0.237 e. The summed E-state index contributed by atoms with van der Waals surface area (Å²) in [6, 6.07) is 10.1. The third-order valence-electron chi connectivity index (χ3n) is 3.51. The summed E-state index contributed by atoms with van der Waals surface area (Å²) in [4.78, 5) is 0. The van der Waals surface area contributed by atoms with Gasteiger partial charge < -0.3 is 0 Å². The molecule has 96 valence electrons. The summed E-state index contributed by atoms with van der Waals surface area (Å²) < 4.78 is 1.96. The van der Waals surface area contributed by atoms with Gasteiger partial charge in [0.25, 0.3) is 0 Å². The Hall–Kier alpha value is -1.79. The van der Waals surface area contributed by atoms with Crippen LogP contribution < -0.4 is 0 Å². The van der Waals surface area contributed by atoms with Gasteiger partial charge in [0.15, 0.2) is 0 Å². The predicted molar refractivity (Wildman–Crippen MR) is 74.6 cm³/mol. The number of nitrogens with zero attached hydrogens (tertiary/aromatic N) is 3. The van der Waals surface area contributed by atoms with Gasteiger partial charge in [-0.25, -0.2) is 4.68 Å². The molecule has 1 saturated carbocycles. The molecule has 2 aromatic rings. The summed E-state index contributed by atoms with van der Waals surface area (Å²) in [7, 11) is 0. The quantitative estimate of drug-likeness (QED) is 0.852. The van der Waals surface area contributed by atoms with E-state index in [0.29, 0.717) is 12.3 Å². The first-order valence-electron chi connectivity index (χ1n) is 6.42. The van der Waals surface area contributed by atoms with Crippen molar-refractivity contribution in [2.24, 2.45) is 0 Å². The fraction of sp³-hybridized carbons (Fsp3) is 0.333. The second-order valence-electron chi connectivity index (χ2n) is 4.97. The number of hydrogen-bond donors (Lipinski definition) is 0. The standard InChI is InChI=1S/C15H14ClN3/c1-10-13(16)3-2-4-14(10)19-15(11-5-6-11)9-12(18-19)7-8-17/h2-4,9,11H,5-7H2,1H3. The molecule has 0 radical (unpaired) electrons. The van der Waals surface area contributed by atoms with Crippen LogP contribution in [0.1, 0.15) is 35.7 Å². The molecule has 1 fully saturated rings. The molecule has 0 N–H and O–H groups in total. The van der Waals surface area contributed by atoms with Crippen molar-refractivity contribution in [1.82, 2.24) is 9.78 Å². The van der Waals surface area contributed by atoms with Crippen molar-refractivity contribution in [2.45, 2.75) is 32.1 Å². The van der Waals surface area contributed by atoms with E-state index in [1.165, 1.54) is 18.5 Å². The molecule has 0 spiro atoms. The highest BCUT2D eigenvalue weighted by atomic mass is 35.5. The lowest BCUT2D eigenvalue weighted by Crippen LogP contribution is -2.03. The lowest BCUT2D eigenvalue weighted by atomic mass is 10.2. The zero-order valence-electron chi connectivity index (χ0n) is 10.7. The summed E-state index contributed by atoms with van der Waals surface area (Å²) >= 11 is 6.19. The molecule has 3 nitrogen and oxygen atoms in total. The predicted octanol–water partition coefficient (Wildman–Crippen LogP) is 3.78. The third-order valence-corrected chi connectivity index (χ3v) is 3.92. The molecular weight excluding hydrogens is 258 g/mol. The van der Waals surface area contributed by atoms with Gasteiger partial charge in [0, 0.05) is 16.6 Å². The maximum Gasteiger partial charge on any atom is 0.0793 e. The molecule has 1 aliphatic carbocycles. The Morgan fingerprint density at radius 3 is 2.95 bits per heavy atom. The zero-order chi connectivity index (χ0) is 13.4. The van der Waals surface area contributed by atoms with Crippen LogP contribution in [0.5, 0.6) is 0 Å². The number of benzene rings is 1. The van der Waals surface area contributed by atoms with Gasteiger partial charge in [-0.1, -0.05) is 17.7 Å². The maximum atomic E-state index is 8.82. The Morgan fingerprint density at radius 1 is 1.47 bits per heavy atom. The Balaban J connectivity index is 2.13. The second kappa shape index (κ2) is 4.71. The van der Waals surface area contributed by atoms with Gasteiger partial charge in [0.05, 0.1) is 23.9 Å². The van der Waals surface area contributed by atoms with Crippen molar-refractivity contribution in [2.75, 3.05) is 0 Å². The van der Waals surface area contributed by atoms with E-state index >= 15 is 0 Å². The molecule has 0 amide bonds. The van der Waals surface area contributed by atoms with Gasteiger partial charge in [-0.3, -0.25) is 0 Å². The molecular formula is C15H14ClN3. The van der Waals surface area contributed by atoms with Gasteiger partial charge in [0.1, 0.15) is 0 Å². The topological polar surface area (TPSA) is 41.6 Å². The fourth-order valence-corrected chi connectivity index (χ4v) is 2.47. The lowest BCUT2D eigenvalue weighted by molar-refractivity contribution is 0.790. The molecule has 1 heterocycles. The first-order chi connectivity index (χ1) is 9.20. The first kappa shape index (κ1) is 12.3. The molecule has 1 aromatic carbocycles. The van der Waals surface area contributed by atoms with E-state index in [0.717, 1.165) is 22.0 Å². The van der Waals surface area contributed by atoms with Crippen LogP contribution in [0.4, 0.5) is 0 Å². The normalized spacial score (nSPS) is 14.4. The van der Waals surface area contributed by atoms with Crippen molar-refractivity contribution in [3.8, 4) is 11.8 Å². The van der Waals surface area contributed by atoms with E-state index in [2.05, 4.69) is 17.2 Å². The Labute approximate surface area is 117 Å². The van der Waals surface area contributed by atoms with Crippen molar-refractivity contribution in [1.29, 1.82) is 5.26 Å². The minimum absolute atomic E-state index is 0.354. The minimum Gasteiger partial charge on any atom is -0.237 e. The van der Waals surface area contributed by atoms with Gasteiger partial charge in [-0.05, 0) is 43.5 Å². The molecule has 0 atom stereocenters. The fourth-order valence-electron chi connectivity index (χ4n) is 2.30. The van der Waals surface area contributed by atoms with Crippen LogP contribution >= 0.6 is 11.6 Å². The Morgan fingerprint density at radius 2 is 2.26 bits per heavy atom. The van der Waals surface area contributed by atoms with Crippen LogP contribution in [0.2, 0.25) is 5.02 Å². The van der Waals surface area contributed by atoms with Crippen LogP contribution in [0.3, 0.4) is 0 Å². The van der Waals surface area contributed by atoms with E-state index in [9.17, 15) is 0 Å². The molecule has 19 heavy (non-hydrogen) atoms. The SMILES string of the molecule is Cc1c(Cl)cccc1-n1nc(CC#N)cc1C1CC1. The Bertz CT molecular complexity index is 663. The van der Waals surface area contributed by atoms with Crippen LogP contribution in [0.25, 0.3) is 5.69 Å². The Kier molecular flexibility index (Phi) is 3.04. The molecule has 1 aromatic heterocycles. The third kappa shape index (κ3) is 2.24. The lowest BCUT2D eigenvalue weighted by Gasteiger charge is -2.10. The minimum atomic E-state index is 0.354. The van der Waals surface area contributed by atoms with Gasteiger partial charge in [0.2, 0.25) is 0 Å². The summed E-state index contributed by atoms with van der Waals surface area (Å²) in [5.74, 6) is 0.582. The van der Waals surface area contributed by atoms with Crippen LogP contribution in [0.15, 0.2) is 24.3 Å². The van der Waals surface area contributed by atoms with Gasteiger partial charge in [-0.2, -0.15) is 10.4 Å². The molecule has 0 saturated heterocycles. The summed E-state index contributed by atoms with van der Waals surface area (Å²) in [5, 5.41) is 14.1. The first-order valence-corrected chi connectivity index (χ1v) is 6.80. The molecule has 3 rings (SSSR count). The molecule has 1 aliphatic rings. The van der Waals surface area contributed by atoms with Crippen molar-refractivity contribution in [3.05, 3.63) is 46.2 Å². The average molecular weight is 272 g/mol. The highest BCUT2D eigenvalue weighted by molar-refractivity contribution is 6.31. The molecule has 0 aliphatic heterocycles. The van der Waals surface area contributed by atoms with Crippen molar-refractivity contribution in [3.63, 3.8) is 0 Å². The van der Waals surface area contributed by atoms with E-state index in [-0.39, 0.29) is 0 Å². The highest BCUT2D eigenvalue weighted by Crippen LogP contribution is 2.41. The van der Waals surface area contributed by atoms with Gasteiger partial charge >= 0.3 is 0 Å². The summed E-state index contributed by atoms with van der Waals surface area (Å²) in [5.41, 5.74) is 4.08. The summed E-state index contributed by atoms with van der Waals surface area (Å²) in [6.07, 6.45) is 2.76. The van der Waals surface area contributed by atoms with Crippen LogP contribution in [-0.2, 0) is 6.42 Å². The van der Waals surface area contributed by atoms with E-state index in [4.69, 9.17) is 16.9 Å². The molecule has 0 unspecified atom stereocenters. The number of nitriles is 1. The van der Waals surface area contributed by atoms with Crippen LogP contribution in [0, 0.1) is 18.3 Å². The number of rotatable bonds is 3. The second-order valence-corrected chi connectivity index (χ2v) is 5.37. The number of halogens is 1. The average Bonchev–Trinajstić information content (AvgIpc) is 3.15. The molecule has 4 heteroatoms. The highest BCUT2D eigenvalue weighted by Gasteiger charge is 2.29. The summed E-state index contributed by atoms with van der Waals surface area (Å²) in [6.45, 7) is 2.00. The number of aromatic nitrogens is 2. The van der Waals surface area contributed by atoms with Crippen molar-refractivity contribution < 1.29 is 0 Å². The van der Waals surface area contributed by atoms with Crippen molar-refractivity contribution >= 4 is 11.6 Å². The van der Waals surface area contributed by atoms with Gasteiger partial charge in [-0.15, -0.1) is 0 Å².